The number of aliphatic hydroxyl groups excluding tert-OH is 1. The predicted molar refractivity (Wildman–Crippen MR) is 79.5 cm³/mol. The standard InChI is InChI=1S/C16H20N2O3/c1-2-14-17-15-11(16(20)21)6-4-8-13(15)18(14)12-7-3-5-10(12)9-19/h4,6,8,10,12,19H,2-3,5,7,9H2,1H3,(H,20,21). The van der Waals surface area contributed by atoms with E-state index >= 15 is 0 Å². The van der Waals surface area contributed by atoms with Crippen LogP contribution < -0.4 is 0 Å². The number of benzene rings is 1. The molecule has 1 aliphatic carbocycles. The van der Waals surface area contributed by atoms with E-state index in [-0.39, 0.29) is 24.1 Å². The minimum absolute atomic E-state index is 0.173. The minimum atomic E-state index is -0.946. The Morgan fingerprint density at radius 2 is 2.24 bits per heavy atom. The van der Waals surface area contributed by atoms with Crippen LogP contribution in [0.5, 0.6) is 0 Å². The van der Waals surface area contributed by atoms with Crippen LogP contribution in [-0.2, 0) is 6.42 Å². The summed E-state index contributed by atoms with van der Waals surface area (Å²) in [6.45, 7) is 2.20. The molecule has 112 valence electrons. The number of carboxylic acid groups (broad SMARTS) is 1. The maximum Gasteiger partial charge on any atom is 0.337 e. The lowest BCUT2D eigenvalue weighted by atomic mass is 10.0. The molecule has 1 heterocycles. The number of imidazole rings is 1. The highest BCUT2D eigenvalue weighted by Crippen LogP contribution is 2.38. The summed E-state index contributed by atoms with van der Waals surface area (Å²) < 4.78 is 2.16. The van der Waals surface area contributed by atoms with Gasteiger partial charge in [0.1, 0.15) is 11.3 Å². The fourth-order valence-corrected chi connectivity index (χ4v) is 3.53. The van der Waals surface area contributed by atoms with Gasteiger partial charge in [0.2, 0.25) is 0 Å². The number of rotatable bonds is 4. The normalized spacial score (nSPS) is 22.0. The Balaban J connectivity index is 2.21. The van der Waals surface area contributed by atoms with Gasteiger partial charge in [-0.2, -0.15) is 0 Å². The topological polar surface area (TPSA) is 75.3 Å². The highest BCUT2D eigenvalue weighted by Gasteiger charge is 2.31. The second kappa shape index (κ2) is 5.48. The van der Waals surface area contributed by atoms with Crippen LogP contribution in [0.2, 0.25) is 0 Å². The van der Waals surface area contributed by atoms with Gasteiger partial charge in [0.05, 0.1) is 11.1 Å². The molecule has 2 unspecified atom stereocenters. The summed E-state index contributed by atoms with van der Waals surface area (Å²) in [4.78, 5) is 15.9. The van der Waals surface area contributed by atoms with E-state index in [1.807, 2.05) is 13.0 Å². The Hall–Kier alpha value is -1.88. The molecular weight excluding hydrogens is 268 g/mol. The third kappa shape index (κ3) is 2.21. The molecule has 0 radical (unpaired) electrons. The second-order valence-electron chi connectivity index (χ2n) is 5.67. The van der Waals surface area contributed by atoms with E-state index in [2.05, 4.69) is 9.55 Å². The van der Waals surface area contributed by atoms with Crippen LogP contribution >= 0.6 is 0 Å². The van der Waals surface area contributed by atoms with Crippen LogP contribution in [0.4, 0.5) is 0 Å². The molecular formula is C16H20N2O3. The largest absolute Gasteiger partial charge is 0.478 e. The number of hydrogen-bond donors (Lipinski definition) is 2. The Kier molecular flexibility index (Phi) is 3.68. The van der Waals surface area contributed by atoms with Crippen molar-refractivity contribution in [3.05, 3.63) is 29.6 Å². The van der Waals surface area contributed by atoms with Gasteiger partial charge in [0.15, 0.2) is 0 Å². The van der Waals surface area contributed by atoms with Crippen molar-refractivity contribution in [1.82, 2.24) is 9.55 Å². The van der Waals surface area contributed by atoms with Crippen molar-refractivity contribution in [3.8, 4) is 0 Å². The molecule has 5 nitrogen and oxygen atoms in total. The fourth-order valence-electron chi connectivity index (χ4n) is 3.53. The number of fused-ring (bicyclic) bond motifs is 1. The van der Waals surface area contributed by atoms with Crippen LogP contribution in [0.25, 0.3) is 11.0 Å². The van der Waals surface area contributed by atoms with Gasteiger partial charge < -0.3 is 14.8 Å². The molecule has 0 spiro atoms. The molecule has 2 aromatic rings. The second-order valence-corrected chi connectivity index (χ2v) is 5.67. The van der Waals surface area contributed by atoms with Crippen molar-refractivity contribution in [3.63, 3.8) is 0 Å². The third-order valence-corrected chi connectivity index (χ3v) is 4.52. The molecule has 1 aromatic heterocycles. The monoisotopic (exact) mass is 288 g/mol. The molecule has 1 aliphatic rings. The SMILES string of the molecule is CCc1nc2c(C(=O)O)cccc2n1C1CCCC1CO. The zero-order chi connectivity index (χ0) is 15.0. The van der Waals surface area contributed by atoms with Crippen molar-refractivity contribution >= 4 is 17.0 Å². The van der Waals surface area contributed by atoms with Crippen LogP contribution in [-0.4, -0.2) is 32.3 Å². The molecule has 5 heteroatoms. The van der Waals surface area contributed by atoms with E-state index in [9.17, 15) is 15.0 Å². The number of aliphatic hydroxyl groups is 1. The first-order valence-electron chi connectivity index (χ1n) is 7.51. The maximum absolute atomic E-state index is 11.4. The first-order valence-corrected chi connectivity index (χ1v) is 7.51. The number of aromatic carboxylic acids is 1. The van der Waals surface area contributed by atoms with Crippen molar-refractivity contribution in [1.29, 1.82) is 0 Å². The molecule has 1 aromatic carbocycles. The summed E-state index contributed by atoms with van der Waals surface area (Å²) in [5, 5.41) is 18.9. The number of aryl methyl sites for hydroxylation is 1. The Morgan fingerprint density at radius 3 is 2.90 bits per heavy atom. The smallest absolute Gasteiger partial charge is 0.337 e. The van der Waals surface area contributed by atoms with E-state index in [1.165, 1.54) is 0 Å². The van der Waals surface area contributed by atoms with E-state index in [0.29, 0.717) is 5.52 Å². The lowest BCUT2D eigenvalue weighted by molar-refractivity contribution is 0.0699. The van der Waals surface area contributed by atoms with Crippen molar-refractivity contribution in [2.24, 2.45) is 5.92 Å². The maximum atomic E-state index is 11.4. The van der Waals surface area contributed by atoms with Gasteiger partial charge in [-0.15, -0.1) is 0 Å². The Morgan fingerprint density at radius 1 is 1.43 bits per heavy atom. The molecule has 0 aliphatic heterocycles. The van der Waals surface area contributed by atoms with Gasteiger partial charge in [0.25, 0.3) is 0 Å². The highest BCUT2D eigenvalue weighted by atomic mass is 16.4. The first-order chi connectivity index (χ1) is 10.2. The van der Waals surface area contributed by atoms with Crippen molar-refractivity contribution < 1.29 is 15.0 Å². The van der Waals surface area contributed by atoms with Crippen molar-refractivity contribution in [2.45, 2.75) is 38.6 Å². The highest BCUT2D eigenvalue weighted by molar-refractivity contribution is 6.01. The predicted octanol–water partition coefficient (Wildman–Crippen LogP) is 2.63. The number of carboxylic acids is 1. The molecule has 2 atom stereocenters. The first kappa shape index (κ1) is 14.1. The molecule has 1 fully saturated rings. The number of carbonyl (C=O) groups is 1. The molecule has 3 rings (SSSR count). The Bertz CT molecular complexity index is 677. The van der Waals surface area contributed by atoms with Crippen LogP contribution in [0, 0.1) is 5.92 Å². The zero-order valence-electron chi connectivity index (χ0n) is 12.1. The average Bonchev–Trinajstić information content (AvgIpc) is 3.09. The van der Waals surface area contributed by atoms with E-state index in [0.717, 1.165) is 37.0 Å². The average molecular weight is 288 g/mol. The molecule has 1 saturated carbocycles. The summed E-state index contributed by atoms with van der Waals surface area (Å²) in [5.41, 5.74) is 1.68. The van der Waals surface area contributed by atoms with E-state index in [4.69, 9.17) is 0 Å². The molecule has 0 saturated heterocycles. The zero-order valence-corrected chi connectivity index (χ0v) is 12.1. The van der Waals surface area contributed by atoms with Crippen molar-refractivity contribution in [2.75, 3.05) is 6.61 Å². The van der Waals surface area contributed by atoms with Gasteiger partial charge in [-0.25, -0.2) is 9.78 Å². The molecule has 2 N–H and O–H groups in total. The summed E-state index contributed by atoms with van der Waals surface area (Å²) >= 11 is 0. The number of aromatic nitrogens is 2. The van der Waals surface area contributed by atoms with Gasteiger partial charge in [-0.05, 0) is 25.0 Å². The quantitative estimate of drug-likeness (QED) is 0.907. The number of para-hydroxylation sites is 1. The molecule has 0 amide bonds. The van der Waals surface area contributed by atoms with E-state index < -0.39 is 5.97 Å². The summed E-state index contributed by atoms with van der Waals surface area (Å²) in [5.74, 6) is 0.197. The summed E-state index contributed by atoms with van der Waals surface area (Å²) in [7, 11) is 0. The van der Waals surface area contributed by atoms with Crippen LogP contribution in [0.15, 0.2) is 18.2 Å². The number of hydrogen-bond acceptors (Lipinski definition) is 3. The minimum Gasteiger partial charge on any atom is -0.478 e. The van der Waals surface area contributed by atoms with Gasteiger partial charge >= 0.3 is 5.97 Å². The Labute approximate surface area is 123 Å². The number of nitrogens with zero attached hydrogens (tertiary/aromatic N) is 2. The molecule has 21 heavy (non-hydrogen) atoms. The molecule has 0 bridgehead atoms. The summed E-state index contributed by atoms with van der Waals surface area (Å²) in [6, 6.07) is 5.52. The van der Waals surface area contributed by atoms with Crippen LogP contribution in [0.1, 0.15) is 48.4 Å². The van der Waals surface area contributed by atoms with Gasteiger partial charge in [0, 0.05) is 25.0 Å². The van der Waals surface area contributed by atoms with E-state index in [1.54, 1.807) is 12.1 Å². The lowest BCUT2D eigenvalue weighted by Gasteiger charge is -2.22. The van der Waals surface area contributed by atoms with Crippen LogP contribution in [0.3, 0.4) is 0 Å². The van der Waals surface area contributed by atoms with Gasteiger partial charge in [-0.1, -0.05) is 19.4 Å². The fraction of sp³-hybridized carbons (Fsp3) is 0.500. The summed E-state index contributed by atoms with van der Waals surface area (Å²) in [6.07, 6.45) is 3.88. The van der Waals surface area contributed by atoms with Gasteiger partial charge in [-0.3, -0.25) is 0 Å². The lowest BCUT2D eigenvalue weighted by Crippen LogP contribution is -2.19. The third-order valence-electron chi connectivity index (χ3n) is 4.52.